The van der Waals surface area contributed by atoms with E-state index in [1.807, 2.05) is 24.3 Å². The predicted molar refractivity (Wildman–Crippen MR) is 83.7 cm³/mol. The number of nitriles is 1. The lowest BCUT2D eigenvalue weighted by molar-refractivity contribution is 0.176. The average molecular weight is 271 g/mol. The zero-order valence-corrected chi connectivity index (χ0v) is 12.6. The maximum Gasteiger partial charge on any atom is 0.0991 e. The van der Waals surface area contributed by atoms with Gasteiger partial charge in [0.15, 0.2) is 0 Å². The molecule has 1 aromatic carbocycles. The lowest BCUT2D eigenvalue weighted by Gasteiger charge is -2.35. The molecule has 108 valence electrons. The minimum Gasteiger partial charge on any atom is -0.382 e. The van der Waals surface area contributed by atoms with Crippen molar-refractivity contribution in [3.63, 3.8) is 0 Å². The van der Waals surface area contributed by atoms with Gasteiger partial charge in [-0.05, 0) is 76.0 Å². The Morgan fingerprint density at radius 1 is 1.30 bits per heavy atom. The maximum absolute atomic E-state index is 8.81. The molecule has 0 bridgehead atoms. The van der Waals surface area contributed by atoms with Crippen LogP contribution in [-0.4, -0.2) is 30.6 Å². The summed E-state index contributed by atoms with van der Waals surface area (Å²) in [6, 6.07) is 10.4. The lowest BCUT2D eigenvalue weighted by Crippen LogP contribution is -2.39. The highest BCUT2D eigenvalue weighted by atomic mass is 15.1. The van der Waals surface area contributed by atoms with Crippen molar-refractivity contribution in [3.05, 3.63) is 29.8 Å². The van der Waals surface area contributed by atoms with E-state index in [4.69, 9.17) is 5.26 Å². The molecule has 1 aliphatic heterocycles. The highest BCUT2D eigenvalue weighted by molar-refractivity contribution is 5.47. The minimum absolute atomic E-state index is 0.492. The molecule has 1 aromatic rings. The van der Waals surface area contributed by atoms with Gasteiger partial charge in [-0.2, -0.15) is 5.26 Å². The van der Waals surface area contributed by atoms with Gasteiger partial charge in [0.05, 0.1) is 11.6 Å². The van der Waals surface area contributed by atoms with Gasteiger partial charge in [0.25, 0.3) is 0 Å². The van der Waals surface area contributed by atoms with E-state index in [2.05, 4.69) is 30.1 Å². The number of likely N-dealkylation sites (tertiary alicyclic amines) is 1. The molecule has 0 saturated carbocycles. The van der Waals surface area contributed by atoms with Crippen LogP contribution < -0.4 is 5.32 Å². The summed E-state index contributed by atoms with van der Waals surface area (Å²) in [5, 5.41) is 12.4. The molecule has 1 N–H and O–H groups in total. The number of benzene rings is 1. The van der Waals surface area contributed by atoms with Gasteiger partial charge >= 0.3 is 0 Å². The van der Waals surface area contributed by atoms with Crippen molar-refractivity contribution in [2.24, 2.45) is 5.92 Å². The van der Waals surface area contributed by atoms with Crippen LogP contribution in [0.4, 0.5) is 5.69 Å². The lowest BCUT2D eigenvalue weighted by atomic mass is 9.90. The highest BCUT2D eigenvalue weighted by Gasteiger charge is 2.23. The molecule has 0 amide bonds. The number of rotatable bonds is 5. The van der Waals surface area contributed by atoms with Crippen LogP contribution in [0.5, 0.6) is 0 Å². The van der Waals surface area contributed by atoms with Crippen molar-refractivity contribution >= 4 is 5.69 Å². The summed E-state index contributed by atoms with van der Waals surface area (Å²) >= 11 is 0. The average Bonchev–Trinajstić information content (AvgIpc) is 2.49. The standard InChI is InChI=1S/C17H25N3/c1-3-10-20-11-8-16(9-12-20)14(2)19-17-6-4-15(13-18)5-7-17/h4-7,14,16,19H,3,8-12H2,1-2H3. The SMILES string of the molecule is CCCN1CCC(C(C)Nc2ccc(C#N)cc2)CC1. The zero-order valence-electron chi connectivity index (χ0n) is 12.6. The summed E-state index contributed by atoms with van der Waals surface area (Å²) in [4.78, 5) is 2.57. The summed E-state index contributed by atoms with van der Waals surface area (Å²) in [7, 11) is 0. The second-order valence-corrected chi connectivity index (χ2v) is 5.80. The number of nitrogens with one attached hydrogen (secondary N) is 1. The van der Waals surface area contributed by atoms with Gasteiger partial charge in [0.1, 0.15) is 0 Å². The molecule has 0 aromatic heterocycles. The Bertz CT molecular complexity index is 438. The van der Waals surface area contributed by atoms with Crippen LogP contribution in [0.25, 0.3) is 0 Å². The smallest absolute Gasteiger partial charge is 0.0991 e. The summed E-state index contributed by atoms with van der Waals surface area (Å²) in [5.41, 5.74) is 1.84. The van der Waals surface area contributed by atoms with Gasteiger partial charge < -0.3 is 10.2 Å². The van der Waals surface area contributed by atoms with E-state index in [1.54, 1.807) is 0 Å². The molecule has 1 heterocycles. The van der Waals surface area contributed by atoms with Crippen molar-refractivity contribution in [3.8, 4) is 6.07 Å². The van der Waals surface area contributed by atoms with Crippen molar-refractivity contribution in [1.29, 1.82) is 5.26 Å². The first-order valence-corrected chi connectivity index (χ1v) is 7.72. The first-order chi connectivity index (χ1) is 9.72. The first-order valence-electron chi connectivity index (χ1n) is 7.72. The number of piperidine rings is 1. The van der Waals surface area contributed by atoms with Crippen LogP contribution in [-0.2, 0) is 0 Å². The predicted octanol–water partition coefficient (Wildman–Crippen LogP) is 3.48. The summed E-state index contributed by atoms with van der Waals surface area (Å²) in [5.74, 6) is 0.749. The van der Waals surface area contributed by atoms with Crippen molar-refractivity contribution in [2.45, 2.75) is 39.2 Å². The summed E-state index contributed by atoms with van der Waals surface area (Å²) in [6.45, 7) is 8.24. The Balaban J connectivity index is 1.83. The molecule has 1 aliphatic rings. The Morgan fingerprint density at radius 2 is 1.95 bits per heavy atom. The van der Waals surface area contributed by atoms with E-state index in [9.17, 15) is 0 Å². The molecule has 1 saturated heterocycles. The van der Waals surface area contributed by atoms with Gasteiger partial charge in [-0.25, -0.2) is 0 Å². The van der Waals surface area contributed by atoms with Crippen molar-refractivity contribution < 1.29 is 0 Å². The molecule has 2 rings (SSSR count). The third-order valence-electron chi connectivity index (χ3n) is 4.29. The van der Waals surface area contributed by atoms with Gasteiger partial charge in [-0.1, -0.05) is 6.92 Å². The topological polar surface area (TPSA) is 39.1 Å². The highest BCUT2D eigenvalue weighted by Crippen LogP contribution is 2.23. The van der Waals surface area contributed by atoms with Gasteiger partial charge in [-0.3, -0.25) is 0 Å². The van der Waals surface area contributed by atoms with Crippen LogP contribution in [0.15, 0.2) is 24.3 Å². The third-order valence-corrected chi connectivity index (χ3v) is 4.29. The molecule has 3 heteroatoms. The fourth-order valence-corrected chi connectivity index (χ4v) is 3.01. The molecular weight excluding hydrogens is 246 g/mol. The second-order valence-electron chi connectivity index (χ2n) is 5.80. The Labute approximate surface area is 122 Å². The quantitative estimate of drug-likeness (QED) is 0.891. The normalized spacial score (nSPS) is 18.4. The number of hydrogen-bond donors (Lipinski definition) is 1. The number of hydrogen-bond acceptors (Lipinski definition) is 3. The van der Waals surface area contributed by atoms with Crippen LogP contribution in [0.1, 0.15) is 38.7 Å². The molecule has 0 aliphatic carbocycles. The van der Waals surface area contributed by atoms with Crippen LogP contribution >= 0.6 is 0 Å². The largest absolute Gasteiger partial charge is 0.382 e. The van der Waals surface area contributed by atoms with Gasteiger partial charge in [0, 0.05) is 11.7 Å². The van der Waals surface area contributed by atoms with Gasteiger partial charge in [0.2, 0.25) is 0 Å². The molecule has 1 fully saturated rings. The van der Waals surface area contributed by atoms with E-state index in [0.29, 0.717) is 6.04 Å². The van der Waals surface area contributed by atoms with Crippen LogP contribution in [0.3, 0.4) is 0 Å². The maximum atomic E-state index is 8.81. The Morgan fingerprint density at radius 3 is 2.50 bits per heavy atom. The monoisotopic (exact) mass is 271 g/mol. The van der Waals surface area contributed by atoms with E-state index < -0.39 is 0 Å². The fraction of sp³-hybridized carbons (Fsp3) is 0.588. The molecule has 3 nitrogen and oxygen atoms in total. The van der Waals surface area contributed by atoms with E-state index in [-0.39, 0.29) is 0 Å². The number of anilines is 1. The van der Waals surface area contributed by atoms with Crippen LogP contribution in [0, 0.1) is 17.2 Å². The molecule has 0 radical (unpaired) electrons. The van der Waals surface area contributed by atoms with Crippen LogP contribution in [0.2, 0.25) is 0 Å². The van der Waals surface area contributed by atoms with Gasteiger partial charge in [-0.15, -0.1) is 0 Å². The fourth-order valence-electron chi connectivity index (χ4n) is 3.01. The minimum atomic E-state index is 0.492. The Kier molecular flexibility index (Phi) is 5.43. The summed E-state index contributed by atoms with van der Waals surface area (Å²) < 4.78 is 0. The van der Waals surface area contributed by atoms with Crippen molar-refractivity contribution in [1.82, 2.24) is 4.90 Å². The molecular formula is C17H25N3. The second kappa shape index (κ2) is 7.31. The first kappa shape index (κ1) is 14.9. The molecule has 20 heavy (non-hydrogen) atoms. The third kappa shape index (κ3) is 3.98. The molecule has 1 atom stereocenters. The molecule has 1 unspecified atom stereocenters. The van der Waals surface area contributed by atoms with Crippen molar-refractivity contribution in [2.75, 3.05) is 25.0 Å². The van der Waals surface area contributed by atoms with E-state index in [0.717, 1.165) is 17.2 Å². The zero-order chi connectivity index (χ0) is 14.4. The van der Waals surface area contributed by atoms with E-state index >= 15 is 0 Å². The van der Waals surface area contributed by atoms with E-state index in [1.165, 1.54) is 38.9 Å². The number of nitrogens with zero attached hydrogens (tertiary/aromatic N) is 2. The molecule has 0 spiro atoms. The Hall–Kier alpha value is -1.53. The summed E-state index contributed by atoms with van der Waals surface area (Å²) in [6.07, 6.45) is 3.82.